The molecule has 4 aromatic rings. The molecule has 2 N–H and O–H groups in total. The molecule has 0 bridgehead atoms. The first-order chi connectivity index (χ1) is 14.3. The number of amides is 1. The molecule has 0 unspecified atom stereocenters. The lowest BCUT2D eigenvalue weighted by Gasteiger charge is -2.17. The second-order valence-corrected chi connectivity index (χ2v) is 7.64. The number of likely N-dealkylation sites (tertiary alicyclic amines) is 1. The van der Waals surface area contributed by atoms with E-state index in [1.165, 1.54) is 11.1 Å². The molecule has 2 aromatic carbocycles. The number of fused-ring (bicyclic) bond motifs is 1. The second-order valence-electron chi connectivity index (χ2n) is 7.64. The molecule has 3 heterocycles. The van der Waals surface area contributed by atoms with Crippen LogP contribution in [0.5, 0.6) is 0 Å². The average molecular weight is 385 g/mol. The summed E-state index contributed by atoms with van der Waals surface area (Å²) in [6.07, 6.45) is 8.43. The first kappa shape index (κ1) is 17.7. The van der Waals surface area contributed by atoms with Crippen molar-refractivity contribution in [3.63, 3.8) is 0 Å². The topological polar surface area (TPSA) is 77.7 Å². The first-order valence-corrected chi connectivity index (χ1v) is 10.1. The highest BCUT2D eigenvalue weighted by Gasteiger charge is 2.27. The maximum Gasteiger partial charge on any atom is 0.210 e. The minimum Gasteiger partial charge on any atom is -0.345 e. The molecule has 6 heteroatoms. The molecule has 6 nitrogen and oxygen atoms in total. The molecule has 0 saturated carbocycles. The average Bonchev–Trinajstić information content (AvgIpc) is 3.52. The van der Waals surface area contributed by atoms with E-state index in [0.717, 1.165) is 66.8 Å². The van der Waals surface area contributed by atoms with Crippen molar-refractivity contribution < 1.29 is 4.79 Å². The molecular weight excluding hydrogens is 362 g/mol. The summed E-state index contributed by atoms with van der Waals surface area (Å²) in [5, 5.41) is 0. The van der Waals surface area contributed by atoms with Crippen LogP contribution in [0.1, 0.15) is 35.8 Å². The number of aromatic nitrogens is 4. The molecule has 29 heavy (non-hydrogen) atoms. The fourth-order valence-corrected chi connectivity index (χ4v) is 4.15. The number of rotatable bonds is 6. The van der Waals surface area contributed by atoms with Gasteiger partial charge in [0, 0.05) is 6.54 Å². The van der Waals surface area contributed by atoms with Crippen molar-refractivity contribution in [3.8, 4) is 11.3 Å². The molecular formula is C23H23N5O. The summed E-state index contributed by atoms with van der Waals surface area (Å²) in [6.45, 7) is 0.815. The van der Waals surface area contributed by atoms with Crippen LogP contribution >= 0.6 is 0 Å². The van der Waals surface area contributed by atoms with Crippen molar-refractivity contribution in [2.75, 3.05) is 6.54 Å². The van der Waals surface area contributed by atoms with E-state index in [-0.39, 0.29) is 6.04 Å². The standard InChI is InChI=1S/C23H23N5O/c29-15-28-11-1-2-22(28)23-26-19-10-7-17(12-20(19)27-23)4-3-16-5-8-18(9-6-16)21-13-24-14-25-21/h5-10,12-15,22H,1-4,11H2,(H,24,25)(H,26,27)/t22-/m0/s1. The predicted molar refractivity (Wildman–Crippen MR) is 112 cm³/mol. The summed E-state index contributed by atoms with van der Waals surface area (Å²) in [7, 11) is 0. The van der Waals surface area contributed by atoms with Crippen molar-refractivity contribution in [2.45, 2.75) is 31.7 Å². The number of H-pyrrole nitrogens is 2. The van der Waals surface area contributed by atoms with Gasteiger partial charge in [-0.25, -0.2) is 9.97 Å². The van der Waals surface area contributed by atoms with Crippen LogP contribution < -0.4 is 0 Å². The summed E-state index contributed by atoms with van der Waals surface area (Å²) in [5.74, 6) is 0.899. The monoisotopic (exact) mass is 385 g/mol. The second kappa shape index (κ2) is 7.54. The minimum atomic E-state index is 0.0803. The van der Waals surface area contributed by atoms with E-state index in [1.54, 1.807) is 6.33 Å². The molecule has 1 aliphatic rings. The van der Waals surface area contributed by atoms with Gasteiger partial charge < -0.3 is 14.9 Å². The molecule has 2 aromatic heterocycles. The highest BCUT2D eigenvalue weighted by molar-refractivity contribution is 5.76. The van der Waals surface area contributed by atoms with Gasteiger partial charge in [0.2, 0.25) is 6.41 Å². The number of hydrogen-bond donors (Lipinski definition) is 2. The molecule has 0 radical (unpaired) electrons. The van der Waals surface area contributed by atoms with Crippen LogP contribution in [-0.2, 0) is 17.6 Å². The summed E-state index contributed by atoms with van der Waals surface area (Å²) < 4.78 is 0. The number of aryl methyl sites for hydroxylation is 2. The molecule has 1 fully saturated rings. The van der Waals surface area contributed by atoms with Crippen LogP contribution in [0.3, 0.4) is 0 Å². The van der Waals surface area contributed by atoms with Crippen LogP contribution in [0.25, 0.3) is 22.3 Å². The zero-order valence-electron chi connectivity index (χ0n) is 16.1. The van der Waals surface area contributed by atoms with Gasteiger partial charge >= 0.3 is 0 Å². The van der Waals surface area contributed by atoms with Crippen LogP contribution in [0, 0.1) is 0 Å². The molecule has 0 aliphatic carbocycles. The van der Waals surface area contributed by atoms with Gasteiger partial charge in [-0.1, -0.05) is 30.3 Å². The third-order valence-corrected chi connectivity index (χ3v) is 5.78. The summed E-state index contributed by atoms with van der Waals surface area (Å²) >= 11 is 0. The Balaban J connectivity index is 1.29. The van der Waals surface area contributed by atoms with Gasteiger partial charge in [-0.05, 0) is 54.5 Å². The lowest BCUT2D eigenvalue weighted by Crippen LogP contribution is -2.21. The van der Waals surface area contributed by atoms with Gasteiger partial charge in [0.15, 0.2) is 0 Å². The van der Waals surface area contributed by atoms with Gasteiger partial charge in [-0.3, -0.25) is 4.79 Å². The van der Waals surface area contributed by atoms with Gasteiger partial charge in [0.05, 0.1) is 35.3 Å². The zero-order chi connectivity index (χ0) is 19.6. The molecule has 1 saturated heterocycles. The van der Waals surface area contributed by atoms with Crippen LogP contribution in [0.2, 0.25) is 0 Å². The van der Waals surface area contributed by atoms with E-state index >= 15 is 0 Å². The maximum absolute atomic E-state index is 11.2. The van der Waals surface area contributed by atoms with Crippen LogP contribution in [0.4, 0.5) is 0 Å². The van der Waals surface area contributed by atoms with Crippen LogP contribution in [0.15, 0.2) is 55.0 Å². The van der Waals surface area contributed by atoms with Crippen molar-refractivity contribution in [2.24, 2.45) is 0 Å². The number of nitrogens with one attached hydrogen (secondary N) is 2. The molecule has 5 rings (SSSR count). The zero-order valence-corrected chi connectivity index (χ0v) is 16.1. The summed E-state index contributed by atoms with van der Waals surface area (Å²) in [5.41, 5.74) is 6.78. The van der Waals surface area contributed by atoms with E-state index in [4.69, 9.17) is 4.98 Å². The van der Waals surface area contributed by atoms with E-state index in [9.17, 15) is 4.79 Å². The number of carbonyl (C=O) groups is 1. The first-order valence-electron chi connectivity index (χ1n) is 10.1. The fraction of sp³-hybridized carbons (Fsp3) is 0.261. The lowest BCUT2D eigenvalue weighted by atomic mass is 10.0. The normalized spacial score (nSPS) is 16.6. The highest BCUT2D eigenvalue weighted by Crippen LogP contribution is 2.30. The smallest absolute Gasteiger partial charge is 0.210 e. The predicted octanol–water partition coefficient (Wildman–Crippen LogP) is 4.03. The number of benzene rings is 2. The van der Waals surface area contributed by atoms with E-state index < -0.39 is 0 Å². The third-order valence-electron chi connectivity index (χ3n) is 5.78. The third kappa shape index (κ3) is 3.53. The van der Waals surface area contributed by atoms with Crippen molar-refractivity contribution in [1.82, 2.24) is 24.8 Å². The fourth-order valence-electron chi connectivity index (χ4n) is 4.15. The Morgan fingerprint density at radius 1 is 1.10 bits per heavy atom. The summed E-state index contributed by atoms with van der Waals surface area (Å²) in [6, 6.07) is 15.1. The number of aromatic amines is 2. The summed E-state index contributed by atoms with van der Waals surface area (Å²) in [4.78, 5) is 28.5. The van der Waals surface area contributed by atoms with Crippen LogP contribution in [-0.4, -0.2) is 37.8 Å². The molecule has 0 spiro atoms. The number of nitrogens with zero attached hydrogens (tertiary/aromatic N) is 3. The highest BCUT2D eigenvalue weighted by atomic mass is 16.1. The quantitative estimate of drug-likeness (QED) is 0.492. The van der Waals surface area contributed by atoms with Crippen molar-refractivity contribution in [1.29, 1.82) is 0 Å². The molecule has 1 amide bonds. The Morgan fingerprint density at radius 2 is 1.93 bits per heavy atom. The maximum atomic E-state index is 11.2. The number of imidazole rings is 2. The lowest BCUT2D eigenvalue weighted by molar-refractivity contribution is -0.119. The van der Waals surface area contributed by atoms with Gasteiger partial charge in [-0.15, -0.1) is 0 Å². The number of hydrogen-bond acceptors (Lipinski definition) is 3. The Kier molecular flexibility index (Phi) is 4.60. The van der Waals surface area contributed by atoms with Crippen molar-refractivity contribution >= 4 is 17.4 Å². The molecule has 146 valence electrons. The van der Waals surface area contributed by atoms with Crippen molar-refractivity contribution in [3.05, 3.63) is 71.9 Å². The SMILES string of the molecule is O=CN1CCC[C@H]1c1nc2ccc(CCc3ccc(-c4cnc[nH]4)cc3)cc2[nH]1. The van der Waals surface area contributed by atoms with E-state index in [2.05, 4.69) is 57.4 Å². The Morgan fingerprint density at radius 3 is 2.72 bits per heavy atom. The van der Waals surface area contributed by atoms with Gasteiger partial charge in [0.25, 0.3) is 0 Å². The van der Waals surface area contributed by atoms with E-state index in [1.807, 2.05) is 11.1 Å². The number of carbonyl (C=O) groups excluding carboxylic acids is 1. The Labute approximate surface area is 169 Å². The molecule has 1 aliphatic heterocycles. The molecule has 1 atom stereocenters. The minimum absolute atomic E-state index is 0.0803. The van der Waals surface area contributed by atoms with Gasteiger partial charge in [-0.2, -0.15) is 0 Å². The Bertz CT molecular complexity index is 1110. The van der Waals surface area contributed by atoms with E-state index in [0.29, 0.717) is 0 Å². The largest absolute Gasteiger partial charge is 0.345 e. The Hall–Kier alpha value is -3.41. The van der Waals surface area contributed by atoms with Gasteiger partial charge in [0.1, 0.15) is 5.82 Å².